The van der Waals surface area contributed by atoms with Gasteiger partial charge in [0.15, 0.2) is 11.5 Å². The van der Waals surface area contributed by atoms with E-state index in [0.29, 0.717) is 54.9 Å². The van der Waals surface area contributed by atoms with Gasteiger partial charge in [0.2, 0.25) is 0 Å². The maximum Gasteiger partial charge on any atom is 0.163 e. The van der Waals surface area contributed by atoms with E-state index in [1.54, 1.807) is 6.07 Å². The van der Waals surface area contributed by atoms with E-state index in [9.17, 15) is 4.39 Å². The van der Waals surface area contributed by atoms with Crippen LogP contribution in [-0.2, 0) is 4.74 Å². The molecular weight excluding hydrogens is 423 g/mol. The highest BCUT2D eigenvalue weighted by molar-refractivity contribution is 6.31. The van der Waals surface area contributed by atoms with Gasteiger partial charge in [-0.2, -0.15) is 0 Å². The molecule has 0 atom stereocenters. The zero-order valence-electron chi connectivity index (χ0n) is 16.9. The highest BCUT2D eigenvalue weighted by Crippen LogP contribution is 2.36. The van der Waals surface area contributed by atoms with Gasteiger partial charge in [-0.1, -0.05) is 11.6 Å². The molecule has 0 amide bonds. The SMILES string of the molecule is NCCCOc1cc2ncnc(Nc3ccc(F)c(Cl)c3)c2cc1OC1CCOCC1. The van der Waals surface area contributed by atoms with Crippen molar-refractivity contribution in [3.05, 3.63) is 47.5 Å². The molecule has 3 N–H and O–H groups in total. The first-order valence-corrected chi connectivity index (χ1v) is 10.6. The minimum Gasteiger partial charge on any atom is -0.490 e. The molecule has 31 heavy (non-hydrogen) atoms. The highest BCUT2D eigenvalue weighted by Gasteiger charge is 2.19. The molecule has 2 heterocycles. The summed E-state index contributed by atoms with van der Waals surface area (Å²) in [4.78, 5) is 8.73. The summed E-state index contributed by atoms with van der Waals surface area (Å²) < 4.78 is 31.1. The smallest absolute Gasteiger partial charge is 0.163 e. The van der Waals surface area contributed by atoms with Gasteiger partial charge in [-0.3, -0.25) is 0 Å². The summed E-state index contributed by atoms with van der Waals surface area (Å²) in [5.74, 6) is 1.30. The van der Waals surface area contributed by atoms with Gasteiger partial charge in [-0.05, 0) is 37.2 Å². The number of aromatic nitrogens is 2. The molecule has 0 saturated carbocycles. The Bertz CT molecular complexity index is 1050. The van der Waals surface area contributed by atoms with Crippen molar-refractivity contribution >= 4 is 34.0 Å². The van der Waals surface area contributed by atoms with E-state index < -0.39 is 5.82 Å². The number of rotatable bonds is 8. The molecule has 1 aromatic heterocycles. The minimum absolute atomic E-state index is 0.0301. The minimum atomic E-state index is -0.480. The molecule has 0 radical (unpaired) electrons. The van der Waals surface area contributed by atoms with Gasteiger partial charge in [0, 0.05) is 30.0 Å². The molecular formula is C22H24ClFN4O3. The van der Waals surface area contributed by atoms with Gasteiger partial charge in [0.05, 0.1) is 30.4 Å². The van der Waals surface area contributed by atoms with Crippen LogP contribution in [0.2, 0.25) is 5.02 Å². The molecule has 164 valence electrons. The Labute approximate surface area is 184 Å². The molecule has 1 aliphatic rings. The Kier molecular flexibility index (Phi) is 7.01. The van der Waals surface area contributed by atoms with Crippen molar-refractivity contribution in [2.45, 2.75) is 25.4 Å². The number of hydrogen-bond donors (Lipinski definition) is 2. The summed E-state index contributed by atoms with van der Waals surface area (Å²) in [6.45, 7) is 2.36. The summed E-state index contributed by atoms with van der Waals surface area (Å²) >= 11 is 5.91. The van der Waals surface area contributed by atoms with Gasteiger partial charge >= 0.3 is 0 Å². The maximum atomic E-state index is 13.5. The second-order valence-electron chi connectivity index (χ2n) is 7.21. The van der Waals surface area contributed by atoms with Crippen molar-refractivity contribution in [1.82, 2.24) is 9.97 Å². The average Bonchev–Trinajstić information content (AvgIpc) is 2.78. The van der Waals surface area contributed by atoms with E-state index >= 15 is 0 Å². The van der Waals surface area contributed by atoms with Crippen LogP contribution >= 0.6 is 11.6 Å². The van der Waals surface area contributed by atoms with Crippen LogP contribution in [0, 0.1) is 5.82 Å². The molecule has 7 nitrogen and oxygen atoms in total. The summed E-state index contributed by atoms with van der Waals surface area (Å²) in [7, 11) is 0. The van der Waals surface area contributed by atoms with E-state index in [1.807, 2.05) is 12.1 Å². The quantitative estimate of drug-likeness (QED) is 0.494. The van der Waals surface area contributed by atoms with Gasteiger partial charge in [-0.25, -0.2) is 14.4 Å². The number of nitrogens with zero attached hydrogens (tertiary/aromatic N) is 2. The third kappa shape index (κ3) is 5.33. The van der Waals surface area contributed by atoms with Crippen molar-refractivity contribution in [3.63, 3.8) is 0 Å². The molecule has 1 fully saturated rings. The third-order valence-corrected chi connectivity index (χ3v) is 5.24. The zero-order valence-corrected chi connectivity index (χ0v) is 17.7. The summed E-state index contributed by atoms with van der Waals surface area (Å²) in [6.07, 6.45) is 3.85. The third-order valence-electron chi connectivity index (χ3n) is 4.95. The van der Waals surface area contributed by atoms with Gasteiger partial charge in [0.25, 0.3) is 0 Å². The largest absolute Gasteiger partial charge is 0.490 e. The molecule has 3 aromatic rings. The predicted molar refractivity (Wildman–Crippen MR) is 118 cm³/mol. The lowest BCUT2D eigenvalue weighted by Crippen LogP contribution is -2.26. The van der Waals surface area contributed by atoms with Crippen LogP contribution in [0.15, 0.2) is 36.7 Å². The first-order valence-electron chi connectivity index (χ1n) is 10.2. The van der Waals surface area contributed by atoms with E-state index in [1.165, 1.54) is 18.5 Å². The van der Waals surface area contributed by atoms with E-state index in [4.69, 9.17) is 31.5 Å². The molecule has 1 saturated heterocycles. The number of ether oxygens (including phenoxy) is 3. The monoisotopic (exact) mass is 446 g/mol. The summed E-state index contributed by atoms with van der Waals surface area (Å²) in [6, 6.07) is 8.12. The van der Waals surface area contributed by atoms with Crippen LogP contribution in [0.3, 0.4) is 0 Å². The van der Waals surface area contributed by atoms with Crippen molar-refractivity contribution in [2.75, 3.05) is 31.7 Å². The number of nitrogens with two attached hydrogens (primary N) is 1. The Morgan fingerprint density at radius 2 is 2.00 bits per heavy atom. The van der Waals surface area contributed by atoms with E-state index in [0.717, 1.165) is 24.6 Å². The molecule has 0 bridgehead atoms. The Hall–Kier alpha value is -2.68. The van der Waals surface area contributed by atoms with Crippen LogP contribution in [0.25, 0.3) is 10.9 Å². The van der Waals surface area contributed by atoms with Crippen molar-refractivity contribution in [2.24, 2.45) is 5.73 Å². The second-order valence-corrected chi connectivity index (χ2v) is 7.62. The lowest BCUT2D eigenvalue weighted by atomic mass is 10.1. The fraction of sp³-hybridized carbons (Fsp3) is 0.364. The van der Waals surface area contributed by atoms with Gasteiger partial charge < -0.3 is 25.3 Å². The second kappa shape index (κ2) is 10.1. The van der Waals surface area contributed by atoms with Crippen LogP contribution in [0.1, 0.15) is 19.3 Å². The van der Waals surface area contributed by atoms with Crippen molar-refractivity contribution < 1.29 is 18.6 Å². The Morgan fingerprint density at radius 1 is 1.16 bits per heavy atom. The first-order chi connectivity index (χ1) is 15.1. The molecule has 4 rings (SSSR count). The normalized spacial score (nSPS) is 14.5. The van der Waals surface area contributed by atoms with Gasteiger partial charge in [0.1, 0.15) is 24.1 Å². The van der Waals surface area contributed by atoms with Crippen LogP contribution < -0.4 is 20.5 Å². The zero-order chi connectivity index (χ0) is 21.6. The summed E-state index contributed by atoms with van der Waals surface area (Å²) in [5, 5.41) is 3.96. The molecule has 0 unspecified atom stereocenters. The average molecular weight is 447 g/mol. The molecule has 2 aromatic carbocycles. The number of hydrogen-bond acceptors (Lipinski definition) is 7. The molecule has 9 heteroatoms. The van der Waals surface area contributed by atoms with Crippen LogP contribution in [0.5, 0.6) is 11.5 Å². The molecule has 0 spiro atoms. The number of fused-ring (bicyclic) bond motifs is 1. The van der Waals surface area contributed by atoms with Crippen LogP contribution in [0.4, 0.5) is 15.9 Å². The predicted octanol–water partition coefficient (Wildman–Crippen LogP) is 4.45. The number of halogens is 2. The first kappa shape index (κ1) is 21.5. The number of nitrogens with one attached hydrogen (secondary N) is 1. The number of anilines is 2. The maximum absolute atomic E-state index is 13.5. The lowest BCUT2D eigenvalue weighted by Gasteiger charge is -2.25. The van der Waals surface area contributed by atoms with Gasteiger partial charge in [-0.15, -0.1) is 0 Å². The summed E-state index contributed by atoms with van der Waals surface area (Å²) in [5.41, 5.74) is 6.90. The topological polar surface area (TPSA) is 91.5 Å². The van der Waals surface area contributed by atoms with Crippen LogP contribution in [-0.4, -0.2) is 42.4 Å². The Balaban J connectivity index is 1.68. The van der Waals surface area contributed by atoms with Crippen molar-refractivity contribution in [3.8, 4) is 11.5 Å². The number of benzene rings is 2. The standard InChI is InChI=1S/C22H24ClFN4O3/c23-17-10-14(2-3-18(17)24)28-22-16-11-21(31-15-4-8-29-9-5-15)20(30-7-1-6-25)12-19(16)26-13-27-22/h2-3,10-13,15H,1,4-9,25H2,(H,26,27,28). The molecule has 0 aliphatic carbocycles. The Morgan fingerprint density at radius 3 is 2.77 bits per heavy atom. The lowest BCUT2D eigenvalue weighted by molar-refractivity contribution is 0.0243. The fourth-order valence-electron chi connectivity index (χ4n) is 3.32. The highest BCUT2D eigenvalue weighted by atomic mass is 35.5. The van der Waals surface area contributed by atoms with E-state index in [-0.39, 0.29) is 11.1 Å². The fourth-order valence-corrected chi connectivity index (χ4v) is 3.50. The molecule has 1 aliphatic heterocycles. The van der Waals surface area contributed by atoms with E-state index in [2.05, 4.69) is 15.3 Å². The van der Waals surface area contributed by atoms with Crippen molar-refractivity contribution in [1.29, 1.82) is 0 Å².